The second kappa shape index (κ2) is 6.02. The maximum Gasteiger partial charge on any atom is 0.348 e. The van der Waals surface area contributed by atoms with E-state index in [2.05, 4.69) is 30.7 Å². The monoisotopic (exact) mass is 277 g/mol. The van der Waals surface area contributed by atoms with Crippen LogP contribution in [0.15, 0.2) is 17.2 Å². The van der Waals surface area contributed by atoms with Crippen molar-refractivity contribution >= 4 is 11.5 Å². The number of rotatable bonds is 5. The average Bonchev–Trinajstić information content (AvgIpc) is 2.86. The highest BCUT2D eigenvalue weighted by Crippen LogP contribution is 2.04. The molecule has 0 radical (unpaired) electrons. The van der Waals surface area contributed by atoms with Crippen LogP contribution in [-0.4, -0.2) is 63.8 Å². The summed E-state index contributed by atoms with van der Waals surface area (Å²) in [5.41, 5.74) is 0.312. The van der Waals surface area contributed by atoms with Gasteiger partial charge >= 0.3 is 5.69 Å². The summed E-state index contributed by atoms with van der Waals surface area (Å²) in [6.07, 6.45) is 2.56. The molecule has 0 atom stereocenters. The van der Waals surface area contributed by atoms with Gasteiger partial charge in [-0.25, -0.2) is 19.3 Å². The van der Waals surface area contributed by atoms with Gasteiger partial charge in [-0.2, -0.15) is 5.10 Å². The van der Waals surface area contributed by atoms with Gasteiger partial charge in [0, 0.05) is 38.8 Å². The van der Waals surface area contributed by atoms with E-state index in [0.29, 0.717) is 5.65 Å². The van der Waals surface area contributed by atoms with Gasteiger partial charge in [0.05, 0.1) is 0 Å². The van der Waals surface area contributed by atoms with Crippen LogP contribution in [0.1, 0.15) is 6.42 Å². The summed E-state index contributed by atoms with van der Waals surface area (Å²) in [5.74, 6) is 0.747. The molecule has 0 unspecified atom stereocenters. The molecule has 3 heterocycles. The van der Waals surface area contributed by atoms with Gasteiger partial charge in [0.15, 0.2) is 5.65 Å². The molecule has 1 aliphatic rings. The first-order valence-corrected chi connectivity index (χ1v) is 6.93. The Bertz CT molecular complexity index is 614. The topological polar surface area (TPSA) is 90.3 Å². The lowest BCUT2D eigenvalue weighted by Gasteiger charge is -2.27. The lowest BCUT2D eigenvalue weighted by Crippen LogP contribution is -2.44. The fourth-order valence-electron chi connectivity index (χ4n) is 2.36. The van der Waals surface area contributed by atoms with Crippen LogP contribution < -0.4 is 16.3 Å². The van der Waals surface area contributed by atoms with Crippen LogP contribution in [-0.2, 0) is 0 Å². The zero-order chi connectivity index (χ0) is 13.8. The van der Waals surface area contributed by atoms with E-state index < -0.39 is 0 Å². The van der Waals surface area contributed by atoms with Crippen LogP contribution in [0.2, 0.25) is 0 Å². The van der Waals surface area contributed by atoms with Gasteiger partial charge in [-0.3, -0.25) is 0 Å². The molecule has 2 aromatic heterocycles. The molecule has 1 saturated heterocycles. The Morgan fingerprint density at radius 2 is 2.20 bits per heavy atom. The number of nitrogens with one attached hydrogen (secondary N) is 3. The molecule has 108 valence electrons. The Morgan fingerprint density at radius 3 is 3.05 bits per heavy atom. The van der Waals surface area contributed by atoms with Gasteiger partial charge in [0.1, 0.15) is 12.1 Å². The van der Waals surface area contributed by atoms with Crippen LogP contribution in [0.3, 0.4) is 0 Å². The minimum absolute atomic E-state index is 0.266. The Balaban J connectivity index is 1.48. The molecule has 0 bridgehead atoms. The van der Waals surface area contributed by atoms with E-state index in [4.69, 9.17) is 0 Å². The Morgan fingerprint density at radius 1 is 1.35 bits per heavy atom. The van der Waals surface area contributed by atoms with E-state index in [1.165, 1.54) is 10.7 Å². The van der Waals surface area contributed by atoms with Gasteiger partial charge in [0.2, 0.25) is 0 Å². The summed E-state index contributed by atoms with van der Waals surface area (Å²) in [6.45, 7) is 6.38. The standard InChI is InChI=1S/C12H19N7O/c20-12-17-16-11-8-10(15-9-19(11)12)14-2-1-5-18-6-3-13-4-7-18/h8-9,13-14H,1-7H2,(H,17,20). The largest absolute Gasteiger partial charge is 0.370 e. The number of fused-ring (bicyclic) bond motifs is 1. The first-order chi connectivity index (χ1) is 9.83. The predicted octanol–water partition coefficient (Wildman–Crippen LogP) is -0.875. The number of hydrogen-bond donors (Lipinski definition) is 3. The van der Waals surface area contributed by atoms with Gasteiger partial charge in [-0.05, 0) is 13.0 Å². The Labute approximate surface area is 116 Å². The number of hydrogen-bond acceptors (Lipinski definition) is 6. The maximum atomic E-state index is 11.3. The summed E-state index contributed by atoms with van der Waals surface area (Å²) in [5, 5.41) is 12.9. The van der Waals surface area contributed by atoms with Crippen LogP contribution in [0, 0.1) is 0 Å². The van der Waals surface area contributed by atoms with E-state index in [-0.39, 0.29) is 5.69 Å². The van der Waals surface area contributed by atoms with Crippen molar-refractivity contribution in [2.24, 2.45) is 0 Å². The lowest BCUT2D eigenvalue weighted by molar-refractivity contribution is 0.240. The molecule has 0 saturated carbocycles. The number of H-pyrrole nitrogens is 1. The van der Waals surface area contributed by atoms with E-state index in [9.17, 15) is 4.79 Å². The minimum Gasteiger partial charge on any atom is -0.370 e. The fraction of sp³-hybridized carbons (Fsp3) is 0.583. The predicted molar refractivity (Wildman–Crippen MR) is 76.0 cm³/mol. The molecular formula is C12H19N7O. The van der Waals surface area contributed by atoms with E-state index in [0.717, 1.165) is 51.5 Å². The van der Waals surface area contributed by atoms with Crippen molar-refractivity contribution in [3.05, 3.63) is 22.9 Å². The van der Waals surface area contributed by atoms with Crippen molar-refractivity contribution in [2.75, 3.05) is 44.6 Å². The van der Waals surface area contributed by atoms with Crippen molar-refractivity contribution in [2.45, 2.75) is 6.42 Å². The van der Waals surface area contributed by atoms with Crippen molar-refractivity contribution < 1.29 is 0 Å². The van der Waals surface area contributed by atoms with Gasteiger partial charge < -0.3 is 15.5 Å². The van der Waals surface area contributed by atoms with E-state index >= 15 is 0 Å². The van der Waals surface area contributed by atoms with Crippen molar-refractivity contribution in [1.29, 1.82) is 0 Å². The third kappa shape index (κ3) is 2.97. The number of aromatic amines is 1. The van der Waals surface area contributed by atoms with Crippen LogP contribution >= 0.6 is 0 Å². The number of anilines is 1. The van der Waals surface area contributed by atoms with Crippen molar-refractivity contribution in [3.8, 4) is 0 Å². The van der Waals surface area contributed by atoms with Crippen LogP contribution in [0.25, 0.3) is 5.65 Å². The van der Waals surface area contributed by atoms with Gasteiger partial charge in [-0.1, -0.05) is 0 Å². The summed E-state index contributed by atoms with van der Waals surface area (Å²) < 4.78 is 1.38. The summed E-state index contributed by atoms with van der Waals surface area (Å²) in [4.78, 5) is 18.0. The molecule has 0 aliphatic carbocycles. The molecule has 8 nitrogen and oxygen atoms in total. The second-order valence-electron chi connectivity index (χ2n) is 4.90. The maximum absolute atomic E-state index is 11.3. The summed E-state index contributed by atoms with van der Waals surface area (Å²) >= 11 is 0. The van der Waals surface area contributed by atoms with Crippen molar-refractivity contribution in [3.63, 3.8) is 0 Å². The molecule has 0 aromatic carbocycles. The van der Waals surface area contributed by atoms with Crippen LogP contribution in [0.4, 0.5) is 5.82 Å². The molecular weight excluding hydrogens is 258 g/mol. The lowest BCUT2D eigenvalue weighted by atomic mass is 10.3. The fourth-order valence-corrected chi connectivity index (χ4v) is 2.36. The molecule has 2 aromatic rings. The molecule has 20 heavy (non-hydrogen) atoms. The third-order valence-electron chi connectivity index (χ3n) is 3.48. The SMILES string of the molecule is O=c1[nH]nc2cc(NCCCN3CCNCC3)ncn12. The Kier molecular flexibility index (Phi) is 3.93. The zero-order valence-electron chi connectivity index (χ0n) is 11.3. The number of piperazine rings is 1. The second-order valence-corrected chi connectivity index (χ2v) is 4.90. The molecule has 0 spiro atoms. The van der Waals surface area contributed by atoms with Gasteiger partial charge in [0.25, 0.3) is 0 Å². The molecule has 8 heteroatoms. The zero-order valence-corrected chi connectivity index (χ0v) is 11.3. The molecule has 3 N–H and O–H groups in total. The van der Waals surface area contributed by atoms with Crippen molar-refractivity contribution in [1.82, 2.24) is 29.8 Å². The first kappa shape index (κ1) is 13.1. The molecule has 1 aliphatic heterocycles. The molecule has 1 fully saturated rings. The third-order valence-corrected chi connectivity index (χ3v) is 3.48. The van der Waals surface area contributed by atoms with Crippen LogP contribution in [0.5, 0.6) is 0 Å². The quantitative estimate of drug-likeness (QED) is 0.615. The highest BCUT2D eigenvalue weighted by molar-refractivity contribution is 5.48. The van der Waals surface area contributed by atoms with E-state index in [1.807, 2.05) is 0 Å². The number of nitrogens with zero attached hydrogens (tertiary/aromatic N) is 4. The minimum atomic E-state index is -0.266. The summed E-state index contributed by atoms with van der Waals surface area (Å²) in [6, 6.07) is 1.77. The highest BCUT2D eigenvalue weighted by atomic mass is 16.1. The molecule has 0 amide bonds. The van der Waals surface area contributed by atoms with E-state index in [1.54, 1.807) is 6.07 Å². The van der Waals surface area contributed by atoms with Gasteiger partial charge in [-0.15, -0.1) is 0 Å². The number of aromatic nitrogens is 4. The average molecular weight is 277 g/mol. The smallest absolute Gasteiger partial charge is 0.348 e. The molecule has 3 rings (SSSR count). The Hall–Kier alpha value is -1.93. The summed E-state index contributed by atoms with van der Waals surface area (Å²) in [7, 11) is 0. The highest BCUT2D eigenvalue weighted by Gasteiger charge is 2.08. The normalized spacial score (nSPS) is 16.6. The first-order valence-electron chi connectivity index (χ1n) is 6.93.